The molecule has 0 aliphatic rings. The highest BCUT2D eigenvalue weighted by atomic mass is 19.1. The SMILES string of the molecule is Cc1cccc(F)c1NC(=O)Nc1cncc(C(=O)c2cn(C)c3ncnc(N)c23)c1. The number of nitrogens with zero attached hydrogens (tertiary/aromatic N) is 4. The summed E-state index contributed by atoms with van der Waals surface area (Å²) >= 11 is 0. The van der Waals surface area contributed by atoms with Crippen molar-refractivity contribution in [1.82, 2.24) is 19.5 Å². The summed E-state index contributed by atoms with van der Waals surface area (Å²) in [6.07, 6.45) is 5.70. The van der Waals surface area contributed by atoms with Crippen molar-refractivity contribution in [2.45, 2.75) is 6.92 Å². The molecule has 0 aliphatic heterocycles. The van der Waals surface area contributed by atoms with E-state index >= 15 is 0 Å². The van der Waals surface area contributed by atoms with Gasteiger partial charge in [-0.2, -0.15) is 0 Å². The number of halogens is 1. The van der Waals surface area contributed by atoms with E-state index in [-0.39, 0.29) is 28.5 Å². The highest BCUT2D eigenvalue weighted by molar-refractivity contribution is 6.18. The highest BCUT2D eigenvalue weighted by Gasteiger charge is 2.20. The molecule has 4 N–H and O–H groups in total. The van der Waals surface area contributed by atoms with Gasteiger partial charge in [-0.25, -0.2) is 19.2 Å². The lowest BCUT2D eigenvalue weighted by molar-refractivity contribution is 0.103. The van der Waals surface area contributed by atoms with Crippen LogP contribution in [0.3, 0.4) is 0 Å². The zero-order valence-electron chi connectivity index (χ0n) is 16.7. The number of benzene rings is 1. The van der Waals surface area contributed by atoms with Gasteiger partial charge in [0.2, 0.25) is 0 Å². The Balaban J connectivity index is 1.59. The molecule has 0 unspecified atom stereocenters. The number of hydrogen-bond donors (Lipinski definition) is 3. The molecule has 0 bridgehead atoms. The number of nitrogens with one attached hydrogen (secondary N) is 2. The Bertz CT molecular complexity index is 1310. The third-order valence-electron chi connectivity index (χ3n) is 4.75. The maximum absolute atomic E-state index is 13.9. The van der Waals surface area contributed by atoms with Gasteiger partial charge in [0.05, 0.1) is 28.5 Å². The molecule has 0 fully saturated rings. The quantitative estimate of drug-likeness (QED) is 0.436. The van der Waals surface area contributed by atoms with Gasteiger partial charge >= 0.3 is 6.03 Å². The summed E-state index contributed by atoms with van der Waals surface area (Å²) < 4.78 is 15.6. The number of nitrogen functional groups attached to an aromatic ring is 1. The van der Waals surface area contributed by atoms with Gasteiger partial charge in [0, 0.05) is 25.0 Å². The summed E-state index contributed by atoms with van der Waals surface area (Å²) in [5.74, 6) is -0.711. The minimum Gasteiger partial charge on any atom is -0.383 e. The number of aromatic nitrogens is 4. The third-order valence-corrected chi connectivity index (χ3v) is 4.75. The molecule has 31 heavy (non-hydrogen) atoms. The zero-order chi connectivity index (χ0) is 22.1. The van der Waals surface area contributed by atoms with E-state index in [0.717, 1.165) is 0 Å². The first kappa shape index (κ1) is 20.0. The average Bonchev–Trinajstić information content (AvgIpc) is 3.08. The number of anilines is 3. The maximum atomic E-state index is 13.9. The first-order valence-electron chi connectivity index (χ1n) is 9.23. The van der Waals surface area contributed by atoms with Crippen molar-refractivity contribution >= 4 is 40.0 Å². The number of para-hydroxylation sites is 1. The molecular formula is C21H18FN7O2. The van der Waals surface area contributed by atoms with E-state index in [1.807, 2.05) is 0 Å². The van der Waals surface area contributed by atoms with E-state index in [2.05, 4.69) is 25.6 Å². The molecule has 2 amide bonds. The van der Waals surface area contributed by atoms with Gasteiger partial charge in [-0.05, 0) is 24.6 Å². The minimum atomic E-state index is -0.664. The molecule has 0 spiro atoms. The fourth-order valence-corrected chi connectivity index (χ4v) is 3.26. The molecule has 3 aromatic heterocycles. The van der Waals surface area contributed by atoms with Crippen molar-refractivity contribution in [3.63, 3.8) is 0 Å². The van der Waals surface area contributed by atoms with Crippen LogP contribution in [0.1, 0.15) is 21.5 Å². The highest BCUT2D eigenvalue weighted by Crippen LogP contribution is 2.26. The largest absolute Gasteiger partial charge is 0.383 e. The average molecular weight is 419 g/mol. The Morgan fingerprint density at radius 3 is 2.74 bits per heavy atom. The van der Waals surface area contributed by atoms with E-state index in [1.54, 1.807) is 36.9 Å². The van der Waals surface area contributed by atoms with Crippen LogP contribution in [0.4, 0.5) is 26.4 Å². The number of aryl methyl sites for hydroxylation is 2. The van der Waals surface area contributed by atoms with Crippen LogP contribution in [-0.4, -0.2) is 31.3 Å². The standard InChI is InChI=1S/C21H18FN7O2/c1-11-4-3-5-15(22)17(11)28-21(31)27-13-6-12(7-24-8-13)18(30)14-9-29(2)20-16(14)19(23)25-10-26-20/h3-10H,1-2H3,(H2,23,25,26)(H2,27,28,31). The molecular weight excluding hydrogens is 401 g/mol. The minimum absolute atomic E-state index is 0.0754. The lowest BCUT2D eigenvalue weighted by Crippen LogP contribution is -2.21. The van der Waals surface area contributed by atoms with E-state index in [4.69, 9.17) is 5.73 Å². The fourth-order valence-electron chi connectivity index (χ4n) is 3.26. The van der Waals surface area contributed by atoms with Gasteiger partial charge in [-0.15, -0.1) is 0 Å². The van der Waals surface area contributed by atoms with Crippen LogP contribution < -0.4 is 16.4 Å². The monoisotopic (exact) mass is 419 g/mol. The molecule has 4 aromatic rings. The maximum Gasteiger partial charge on any atom is 0.323 e. The Kier molecular flexibility index (Phi) is 5.04. The molecule has 0 saturated carbocycles. The first-order valence-corrected chi connectivity index (χ1v) is 9.23. The smallest absolute Gasteiger partial charge is 0.323 e. The van der Waals surface area contributed by atoms with Crippen LogP contribution in [0.25, 0.3) is 11.0 Å². The van der Waals surface area contributed by atoms with E-state index < -0.39 is 11.8 Å². The van der Waals surface area contributed by atoms with Crippen molar-refractivity contribution in [2.24, 2.45) is 7.05 Å². The van der Waals surface area contributed by atoms with Gasteiger partial charge in [0.15, 0.2) is 5.78 Å². The number of fused-ring (bicyclic) bond motifs is 1. The van der Waals surface area contributed by atoms with Crippen LogP contribution in [0.5, 0.6) is 0 Å². The summed E-state index contributed by atoms with van der Waals surface area (Å²) in [5.41, 5.74) is 7.95. The second-order valence-corrected chi connectivity index (χ2v) is 6.91. The first-order chi connectivity index (χ1) is 14.8. The number of pyridine rings is 1. The number of carbonyl (C=O) groups is 2. The molecule has 10 heteroatoms. The lowest BCUT2D eigenvalue weighted by Gasteiger charge is -2.11. The van der Waals surface area contributed by atoms with E-state index in [9.17, 15) is 14.0 Å². The topological polar surface area (TPSA) is 128 Å². The van der Waals surface area contributed by atoms with Gasteiger partial charge in [-0.3, -0.25) is 9.78 Å². The van der Waals surface area contributed by atoms with Crippen LogP contribution in [0.2, 0.25) is 0 Å². The van der Waals surface area contributed by atoms with Crippen LogP contribution >= 0.6 is 0 Å². The predicted octanol–water partition coefficient (Wildman–Crippen LogP) is 3.27. The van der Waals surface area contributed by atoms with Crippen molar-refractivity contribution in [3.8, 4) is 0 Å². The van der Waals surface area contributed by atoms with Gasteiger partial charge in [0.25, 0.3) is 0 Å². The predicted molar refractivity (Wildman–Crippen MR) is 114 cm³/mol. The molecule has 0 radical (unpaired) electrons. The fraction of sp³-hybridized carbons (Fsp3) is 0.0952. The summed E-state index contributed by atoms with van der Waals surface area (Å²) in [7, 11) is 1.75. The third kappa shape index (κ3) is 3.78. The molecule has 3 heterocycles. The van der Waals surface area contributed by atoms with E-state index in [1.165, 1.54) is 30.9 Å². The second-order valence-electron chi connectivity index (χ2n) is 6.91. The number of rotatable bonds is 4. The van der Waals surface area contributed by atoms with Crippen molar-refractivity contribution in [1.29, 1.82) is 0 Å². The van der Waals surface area contributed by atoms with Crippen LogP contribution in [0.15, 0.2) is 49.2 Å². The lowest BCUT2D eigenvalue weighted by atomic mass is 10.1. The molecule has 4 rings (SSSR count). The Morgan fingerprint density at radius 2 is 1.97 bits per heavy atom. The van der Waals surface area contributed by atoms with Crippen molar-refractivity contribution < 1.29 is 14.0 Å². The molecule has 0 atom stereocenters. The summed E-state index contributed by atoms with van der Waals surface area (Å²) in [6.45, 7) is 1.68. The van der Waals surface area contributed by atoms with Gasteiger partial charge < -0.3 is 20.9 Å². The molecule has 156 valence electrons. The number of urea groups is 1. The van der Waals surface area contributed by atoms with Gasteiger partial charge in [0.1, 0.15) is 23.6 Å². The number of amides is 2. The number of carbonyl (C=O) groups excluding carboxylic acids is 2. The molecule has 9 nitrogen and oxygen atoms in total. The Morgan fingerprint density at radius 1 is 1.16 bits per heavy atom. The van der Waals surface area contributed by atoms with Crippen LogP contribution in [0, 0.1) is 12.7 Å². The Labute approximate surface area is 176 Å². The van der Waals surface area contributed by atoms with Gasteiger partial charge in [-0.1, -0.05) is 12.1 Å². The number of hydrogen-bond acceptors (Lipinski definition) is 6. The van der Waals surface area contributed by atoms with Crippen molar-refractivity contribution in [3.05, 3.63) is 71.7 Å². The molecule has 0 saturated heterocycles. The Hall–Kier alpha value is -4.34. The van der Waals surface area contributed by atoms with E-state index in [0.29, 0.717) is 22.2 Å². The summed E-state index contributed by atoms with van der Waals surface area (Å²) in [6, 6.07) is 5.30. The summed E-state index contributed by atoms with van der Waals surface area (Å²) in [5, 5.41) is 5.47. The van der Waals surface area contributed by atoms with Crippen molar-refractivity contribution in [2.75, 3.05) is 16.4 Å². The number of nitrogens with two attached hydrogens (primary N) is 1. The zero-order valence-corrected chi connectivity index (χ0v) is 16.7. The molecule has 1 aromatic carbocycles. The second kappa shape index (κ2) is 7.82. The number of ketones is 1. The normalized spacial score (nSPS) is 10.8. The van der Waals surface area contributed by atoms with Crippen LogP contribution in [-0.2, 0) is 7.05 Å². The summed E-state index contributed by atoms with van der Waals surface area (Å²) in [4.78, 5) is 37.6. The molecule has 0 aliphatic carbocycles.